The average molecular weight is 301 g/mol. The second-order valence-electron chi connectivity index (χ2n) is 5.87. The van der Waals surface area contributed by atoms with Crippen LogP contribution in [0.15, 0.2) is 30.6 Å². The highest BCUT2D eigenvalue weighted by Crippen LogP contribution is 2.30. The van der Waals surface area contributed by atoms with E-state index in [1.165, 1.54) is 5.69 Å². The molecule has 1 aromatic heterocycles. The molecular formula is C17H23N3O2. The third-order valence-corrected chi connectivity index (χ3v) is 4.08. The number of para-hydroxylation sites is 2. The van der Waals surface area contributed by atoms with Crippen LogP contribution >= 0.6 is 0 Å². The quantitative estimate of drug-likeness (QED) is 0.921. The summed E-state index contributed by atoms with van der Waals surface area (Å²) < 4.78 is 13.9. The van der Waals surface area contributed by atoms with Gasteiger partial charge in [-0.3, -0.25) is 0 Å². The molecule has 0 unspecified atom stereocenters. The average Bonchev–Trinajstić information content (AvgIpc) is 2.85. The maximum Gasteiger partial charge on any atom is 0.161 e. The maximum absolute atomic E-state index is 5.95. The number of imidazole rings is 1. The van der Waals surface area contributed by atoms with Crippen molar-refractivity contribution in [1.82, 2.24) is 14.9 Å². The van der Waals surface area contributed by atoms with E-state index in [0.29, 0.717) is 12.6 Å². The summed E-state index contributed by atoms with van der Waals surface area (Å²) in [5.74, 6) is 1.66. The van der Waals surface area contributed by atoms with E-state index < -0.39 is 0 Å². The summed E-state index contributed by atoms with van der Waals surface area (Å²) in [7, 11) is 0. The number of hydrogen-bond donors (Lipinski definition) is 1. The molecule has 22 heavy (non-hydrogen) atoms. The number of ether oxygens (including phenoxy) is 2. The van der Waals surface area contributed by atoms with Crippen molar-refractivity contribution in [3.05, 3.63) is 42.0 Å². The summed E-state index contributed by atoms with van der Waals surface area (Å²) in [5.41, 5.74) is 2.31. The van der Waals surface area contributed by atoms with E-state index in [0.717, 1.165) is 30.3 Å². The van der Waals surface area contributed by atoms with Crippen LogP contribution in [0.3, 0.4) is 0 Å². The summed E-state index contributed by atoms with van der Waals surface area (Å²) in [6, 6.07) is 8.14. The van der Waals surface area contributed by atoms with Gasteiger partial charge in [-0.25, -0.2) is 4.98 Å². The van der Waals surface area contributed by atoms with Crippen molar-refractivity contribution in [1.29, 1.82) is 0 Å². The van der Waals surface area contributed by atoms with E-state index in [2.05, 4.69) is 28.7 Å². The molecule has 0 radical (unpaired) electrons. The molecule has 0 amide bonds. The molecule has 5 nitrogen and oxygen atoms in total. The highest BCUT2D eigenvalue weighted by molar-refractivity contribution is 5.40. The van der Waals surface area contributed by atoms with Crippen LogP contribution < -0.4 is 14.8 Å². The smallest absolute Gasteiger partial charge is 0.161 e. The van der Waals surface area contributed by atoms with Gasteiger partial charge >= 0.3 is 0 Å². The van der Waals surface area contributed by atoms with Crippen molar-refractivity contribution in [2.75, 3.05) is 13.2 Å². The van der Waals surface area contributed by atoms with Crippen LogP contribution in [-0.2, 0) is 6.54 Å². The molecule has 1 aliphatic heterocycles. The normalized spacial score (nSPS) is 18.2. The van der Waals surface area contributed by atoms with Gasteiger partial charge in [0.1, 0.15) is 12.7 Å². The third-order valence-electron chi connectivity index (χ3n) is 4.08. The van der Waals surface area contributed by atoms with Gasteiger partial charge in [0.2, 0.25) is 0 Å². The molecule has 118 valence electrons. The molecule has 0 spiro atoms. The zero-order valence-electron chi connectivity index (χ0n) is 13.4. The van der Waals surface area contributed by atoms with Crippen molar-refractivity contribution < 1.29 is 9.47 Å². The Bertz CT molecular complexity index is 639. The Morgan fingerprint density at radius 1 is 1.32 bits per heavy atom. The molecule has 2 atom stereocenters. The number of hydrogen-bond acceptors (Lipinski definition) is 4. The molecule has 0 saturated carbocycles. The molecule has 0 aliphatic carbocycles. The van der Waals surface area contributed by atoms with Gasteiger partial charge in [0, 0.05) is 24.8 Å². The van der Waals surface area contributed by atoms with Gasteiger partial charge in [0.25, 0.3) is 0 Å². The Labute approximate surface area is 131 Å². The fourth-order valence-corrected chi connectivity index (χ4v) is 2.58. The predicted molar refractivity (Wildman–Crippen MR) is 85.5 cm³/mol. The van der Waals surface area contributed by atoms with E-state index in [4.69, 9.17) is 9.47 Å². The lowest BCUT2D eigenvalue weighted by Crippen LogP contribution is -2.42. The van der Waals surface area contributed by atoms with Gasteiger partial charge in [0.05, 0.1) is 12.0 Å². The second-order valence-corrected chi connectivity index (χ2v) is 5.87. The number of nitrogens with one attached hydrogen (secondary N) is 1. The van der Waals surface area contributed by atoms with E-state index >= 15 is 0 Å². The first-order valence-electron chi connectivity index (χ1n) is 7.73. The first kappa shape index (κ1) is 14.9. The van der Waals surface area contributed by atoms with Gasteiger partial charge in [-0.15, -0.1) is 0 Å². The molecule has 1 aromatic carbocycles. The van der Waals surface area contributed by atoms with Gasteiger partial charge in [0.15, 0.2) is 11.5 Å². The lowest BCUT2D eigenvalue weighted by atomic mass is 10.2. The van der Waals surface area contributed by atoms with Crippen molar-refractivity contribution in [2.24, 2.45) is 0 Å². The summed E-state index contributed by atoms with van der Waals surface area (Å²) in [4.78, 5) is 4.33. The predicted octanol–water partition coefficient (Wildman–Crippen LogP) is 2.32. The summed E-state index contributed by atoms with van der Waals surface area (Å²) in [6.45, 7) is 8.56. The first-order valence-corrected chi connectivity index (χ1v) is 7.73. The molecule has 2 heterocycles. The number of fused-ring (bicyclic) bond motifs is 1. The zero-order valence-corrected chi connectivity index (χ0v) is 13.4. The number of rotatable bonds is 5. The Balaban J connectivity index is 1.50. The minimum Gasteiger partial charge on any atom is -0.486 e. The summed E-state index contributed by atoms with van der Waals surface area (Å²) in [6.07, 6.45) is 1.95. The SMILES string of the molecule is Cc1ncn(C[C@H](C)NC[C@H]2COc3ccccc3O2)c1C. The Hall–Kier alpha value is -2.01. The minimum atomic E-state index is 0.0444. The van der Waals surface area contributed by atoms with Crippen LogP contribution in [0.2, 0.25) is 0 Å². The minimum absolute atomic E-state index is 0.0444. The van der Waals surface area contributed by atoms with Crippen molar-refractivity contribution in [3.63, 3.8) is 0 Å². The largest absolute Gasteiger partial charge is 0.486 e. The standard InChI is InChI=1S/C17H23N3O2/c1-12(9-20-11-19-13(2)14(20)3)18-8-15-10-21-16-6-4-5-7-17(16)22-15/h4-7,11-12,15,18H,8-10H2,1-3H3/t12-,15-/m0/s1. The van der Waals surface area contributed by atoms with Crippen molar-refractivity contribution in [3.8, 4) is 11.5 Å². The second kappa shape index (κ2) is 6.40. The molecular weight excluding hydrogens is 278 g/mol. The van der Waals surface area contributed by atoms with Crippen LogP contribution in [0, 0.1) is 13.8 Å². The monoisotopic (exact) mass is 301 g/mol. The van der Waals surface area contributed by atoms with Crippen LogP contribution in [0.4, 0.5) is 0 Å². The Morgan fingerprint density at radius 2 is 2.09 bits per heavy atom. The van der Waals surface area contributed by atoms with Crippen LogP contribution in [0.5, 0.6) is 11.5 Å². The highest BCUT2D eigenvalue weighted by atomic mass is 16.6. The van der Waals surface area contributed by atoms with E-state index in [-0.39, 0.29) is 6.10 Å². The number of nitrogens with zero attached hydrogens (tertiary/aromatic N) is 2. The van der Waals surface area contributed by atoms with E-state index in [1.807, 2.05) is 37.5 Å². The lowest BCUT2D eigenvalue weighted by molar-refractivity contribution is 0.0881. The number of aryl methyl sites for hydroxylation is 1. The fraction of sp³-hybridized carbons (Fsp3) is 0.471. The topological polar surface area (TPSA) is 48.3 Å². The van der Waals surface area contributed by atoms with Gasteiger partial charge < -0.3 is 19.4 Å². The molecule has 2 aromatic rings. The first-order chi connectivity index (χ1) is 10.6. The van der Waals surface area contributed by atoms with Gasteiger partial charge in [-0.05, 0) is 32.9 Å². The van der Waals surface area contributed by atoms with Crippen LogP contribution in [-0.4, -0.2) is 34.8 Å². The Morgan fingerprint density at radius 3 is 2.82 bits per heavy atom. The molecule has 0 saturated heterocycles. The zero-order chi connectivity index (χ0) is 15.5. The molecule has 1 N–H and O–H groups in total. The summed E-state index contributed by atoms with van der Waals surface area (Å²) >= 11 is 0. The van der Waals surface area contributed by atoms with Crippen molar-refractivity contribution >= 4 is 0 Å². The van der Waals surface area contributed by atoms with Gasteiger partial charge in [-0.1, -0.05) is 12.1 Å². The van der Waals surface area contributed by atoms with Crippen LogP contribution in [0.25, 0.3) is 0 Å². The number of benzene rings is 1. The van der Waals surface area contributed by atoms with E-state index in [1.54, 1.807) is 0 Å². The summed E-state index contributed by atoms with van der Waals surface area (Å²) in [5, 5.41) is 3.51. The molecule has 3 rings (SSSR count). The molecule has 5 heteroatoms. The third kappa shape index (κ3) is 3.25. The molecule has 1 aliphatic rings. The van der Waals surface area contributed by atoms with Gasteiger partial charge in [-0.2, -0.15) is 0 Å². The van der Waals surface area contributed by atoms with Crippen LogP contribution in [0.1, 0.15) is 18.3 Å². The fourth-order valence-electron chi connectivity index (χ4n) is 2.58. The highest BCUT2D eigenvalue weighted by Gasteiger charge is 2.20. The van der Waals surface area contributed by atoms with Crippen molar-refractivity contribution in [2.45, 2.75) is 39.5 Å². The number of aromatic nitrogens is 2. The Kier molecular flexibility index (Phi) is 4.34. The molecule has 0 bridgehead atoms. The maximum atomic E-state index is 5.95. The van der Waals surface area contributed by atoms with E-state index in [9.17, 15) is 0 Å². The lowest BCUT2D eigenvalue weighted by Gasteiger charge is -2.27. The molecule has 0 fully saturated rings.